The van der Waals surface area contributed by atoms with Gasteiger partial charge in [-0.25, -0.2) is 4.98 Å². The van der Waals surface area contributed by atoms with Crippen LogP contribution in [0.15, 0.2) is 18.3 Å². The Morgan fingerprint density at radius 3 is 2.68 bits per heavy atom. The maximum absolute atomic E-state index is 10.6. The van der Waals surface area contributed by atoms with E-state index in [1.807, 2.05) is 0 Å². The Kier molecular flexibility index (Phi) is 6.09. The topological polar surface area (TPSA) is 80.5 Å². The van der Waals surface area contributed by atoms with Crippen LogP contribution in [0.25, 0.3) is 0 Å². The van der Waals surface area contributed by atoms with Crippen molar-refractivity contribution in [1.82, 2.24) is 9.88 Å². The van der Waals surface area contributed by atoms with E-state index in [9.17, 15) is 10.1 Å². The first-order valence-corrected chi connectivity index (χ1v) is 7.72. The van der Waals surface area contributed by atoms with Crippen molar-refractivity contribution < 1.29 is 9.66 Å². The predicted octanol–water partition coefficient (Wildman–Crippen LogP) is 2.15. The fourth-order valence-corrected chi connectivity index (χ4v) is 2.67. The number of aromatic nitrogens is 1. The highest BCUT2D eigenvalue weighted by Crippen LogP contribution is 2.16. The third-order valence-electron chi connectivity index (χ3n) is 3.78. The van der Waals surface area contributed by atoms with Crippen molar-refractivity contribution in [3.8, 4) is 0 Å². The van der Waals surface area contributed by atoms with E-state index < -0.39 is 4.92 Å². The summed E-state index contributed by atoms with van der Waals surface area (Å²) in [5.74, 6) is 1.28. The molecule has 0 bridgehead atoms. The zero-order valence-corrected chi connectivity index (χ0v) is 13.2. The molecule has 1 saturated heterocycles. The normalized spacial score (nSPS) is 17.4. The molecule has 122 valence electrons. The summed E-state index contributed by atoms with van der Waals surface area (Å²) in [6.07, 6.45) is 2.38. The lowest BCUT2D eigenvalue weighted by Gasteiger charge is -2.35. The molecule has 1 N–H and O–H groups in total. The minimum Gasteiger partial charge on any atom is -0.379 e. The standard InChI is InChI=1S/C15H24N4O3/c1-12(2)9-14(18-5-7-22-8-6-18)11-17-15-4-3-13(10-16-15)19(20)21/h3-4,10,12,14H,5-9,11H2,1-2H3,(H,16,17). The molecule has 0 aromatic carbocycles. The molecule has 0 saturated carbocycles. The summed E-state index contributed by atoms with van der Waals surface area (Å²) in [5, 5.41) is 13.9. The molecular formula is C15H24N4O3. The minimum atomic E-state index is -0.438. The molecule has 2 heterocycles. The van der Waals surface area contributed by atoms with Gasteiger partial charge in [0.2, 0.25) is 0 Å². The molecule has 7 nitrogen and oxygen atoms in total. The zero-order chi connectivity index (χ0) is 15.9. The van der Waals surface area contributed by atoms with Crippen molar-refractivity contribution in [2.24, 2.45) is 5.92 Å². The molecular weight excluding hydrogens is 284 g/mol. The van der Waals surface area contributed by atoms with E-state index in [-0.39, 0.29) is 5.69 Å². The van der Waals surface area contributed by atoms with Gasteiger partial charge in [-0.15, -0.1) is 0 Å². The van der Waals surface area contributed by atoms with E-state index in [4.69, 9.17) is 4.74 Å². The summed E-state index contributed by atoms with van der Waals surface area (Å²) in [6.45, 7) is 8.69. The van der Waals surface area contributed by atoms with Gasteiger partial charge in [0.05, 0.1) is 18.1 Å². The Labute approximate surface area is 130 Å². The van der Waals surface area contributed by atoms with Crippen LogP contribution in [0.4, 0.5) is 11.5 Å². The summed E-state index contributed by atoms with van der Waals surface area (Å²) in [4.78, 5) is 16.7. The first kappa shape index (κ1) is 16.6. The minimum absolute atomic E-state index is 0.0115. The van der Waals surface area contributed by atoms with E-state index >= 15 is 0 Å². The third kappa shape index (κ3) is 4.92. The molecule has 1 aliphatic heterocycles. The third-order valence-corrected chi connectivity index (χ3v) is 3.78. The van der Waals surface area contributed by atoms with Gasteiger partial charge >= 0.3 is 0 Å². The molecule has 1 atom stereocenters. The molecule has 2 rings (SSSR count). The van der Waals surface area contributed by atoms with Gasteiger partial charge in [0, 0.05) is 31.7 Å². The Morgan fingerprint density at radius 1 is 1.41 bits per heavy atom. The monoisotopic (exact) mass is 308 g/mol. The van der Waals surface area contributed by atoms with Crippen LogP contribution >= 0.6 is 0 Å². The fourth-order valence-electron chi connectivity index (χ4n) is 2.67. The predicted molar refractivity (Wildman–Crippen MR) is 85.0 cm³/mol. The summed E-state index contributed by atoms with van der Waals surface area (Å²) >= 11 is 0. The number of hydrogen-bond acceptors (Lipinski definition) is 6. The van der Waals surface area contributed by atoms with Gasteiger partial charge < -0.3 is 10.1 Å². The number of morpholine rings is 1. The van der Waals surface area contributed by atoms with Crippen molar-refractivity contribution in [2.45, 2.75) is 26.3 Å². The van der Waals surface area contributed by atoms with E-state index in [1.165, 1.54) is 12.3 Å². The number of nitrogens with zero attached hydrogens (tertiary/aromatic N) is 3. The lowest BCUT2D eigenvalue weighted by Crippen LogP contribution is -2.47. The lowest BCUT2D eigenvalue weighted by atomic mass is 10.0. The Hall–Kier alpha value is -1.73. The van der Waals surface area contributed by atoms with E-state index in [0.717, 1.165) is 39.3 Å². The van der Waals surface area contributed by atoms with Crippen molar-refractivity contribution in [3.05, 3.63) is 28.4 Å². The number of pyridine rings is 1. The largest absolute Gasteiger partial charge is 0.379 e. The van der Waals surface area contributed by atoms with Gasteiger partial charge in [-0.2, -0.15) is 0 Å². The molecule has 1 aliphatic rings. The molecule has 0 spiro atoms. The summed E-state index contributed by atoms with van der Waals surface area (Å²) < 4.78 is 5.41. The first-order valence-electron chi connectivity index (χ1n) is 7.72. The van der Waals surface area contributed by atoms with Crippen molar-refractivity contribution in [3.63, 3.8) is 0 Å². The van der Waals surface area contributed by atoms with Crippen LogP contribution < -0.4 is 5.32 Å². The molecule has 1 fully saturated rings. The van der Waals surface area contributed by atoms with Gasteiger partial charge in [0.25, 0.3) is 5.69 Å². The number of nitro groups is 1. The van der Waals surface area contributed by atoms with Crippen LogP contribution in [0.1, 0.15) is 20.3 Å². The summed E-state index contributed by atoms with van der Waals surface area (Å²) in [6, 6.07) is 3.55. The van der Waals surface area contributed by atoms with Gasteiger partial charge in [-0.05, 0) is 18.4 Å². The Bertz CT molecular complexity index is 472. The Morgan fingerprint density at radius 2 is 2.14 bits per heavy atom. The van der Waals surface area contributed by atoms with Crippen molar-refractivity contribution in [2.75, 3.05) is 38.2 Å². The second-order valence-corrected chi connectivity index (χ2v) is 5.97. The number of anilines is 1. The highest BCUT2D eigenvalue weighted by atomic mass is 16.6. The quantitative estimate of drug-likeness (QED) is 0.614. The molecule has 7 heteroatoms. The molecule has 1 aromatic rings. The van der Waals surface area contributed by atoms with Crippen molar-refractivity contribution in [1.29, 1.82) is 0 Å². The molecule has 0 radical (unpaired) electrons. The second-order valence-electron chi connectivity index (χ2n) is 5.97. The average molecular weight is 308 g/mol. The van der Waals surface area contributed by atoms with Gasteiger partial charge in [0.15, 0.2) is 0 Å². The molecule has 1 unspecified atom stereocenters. The second kappa shape index (κ2) is 8.05. The smallest absolute Gasteiger partial charge is 0.287 e. The molecule has 22 heavy (non-hydrogen) atoms. The average Bonchev–Trinajstić information content (AvgIpc) is 2.52. The number of nitrogens with one attached hydrogen (secondary N) is 1. The summed E-state index contributed by atoms with van der Waals surface area (Å²) in [7, 11) is 0. The van der Waals surface area contributed by atoms with E-state index in [1.54, 1.807) is 6.07 Å². The number of ether oxygens (including phenoxy) is 1. The summed E-state index contributed by atoms with van der Waals surface area (Å²) in [5.41, 5.74) is 0.0115. The van der Waals surface area contributed by atoms with Crippen LogP contribution in [-0.2, 0) is 4.74 Å². The first-order chi connectivity index (χ1) is 10.6. The van der Waals surface area contributed by atoms with Crippen LogP contribution in [-0.4, -0.2) is 53.7 Å². The fraction of sp³-hybridized carbons (Fsp3) is 0.667. The van der Waals surface area contributed by atoms with E-state index in [0.29, 0.717) is 17.8 Å². The number of rotatable bonds is 7. The van der Waals surface area contributed by atoms with Crippen molar-refractivity contribution >= 4 is 11.5 Å². The highest BCUT2D eigenvalue weighted by Gasteiger charge is 2.21. The highest BCUT2D eigenvalue weighted by molar-refractivity contribution is 5.40. The van der Waals surface area contributed by atoms with Gasteiger partial charge in [0.1, 0.15) is 12.0 Å². The Balaban J connectivity index is 1.93. The lowest BCUT2D eigenvalue weighted by molar-refractivity contribution is -0.385. The zero-order valence-electron chi connectivity index (χ0n) is 13.2. The van der Waals surface area contributed by atoms with Crippen LogP contribution in [0, 0.1) is 16.0 Å². The van der Waals surface area contributed by atoms with E-state index in [2.05, 4.69) is 29.0 Å². The number of hydrogen-bond donors (Lipinski definition) is 1. The molecule has 0 amide bonds. The molecule has 1 aromatic heterocycles. The van der Waals surface area contributed by atoms with Gasteiger partial charge in [-0.3, -0.25) is 15.0 Å². The van der Waals surface area contributed by atoms with Crippen LogP contribution in [0.3, 0.4) is 0 Å². The maximum atomic E-state index is 10.6. The van der Waals surface area contributed by atoms with Crippen LogP contribution in [0.2, 0.25) is 0 Å². The maximum Gasteiger partial charge on any atom is 0.287 e. The van der Waals surface area contributed by atoms with Gasteiger partial charge in [-0.1, -0.05) is 13.8 Å². The SMILES string of the molecule is CC(C)CC(CNc1ccc([N+](=O)[O-])cn1)N1CCOCC1. The van der Waals surface area contributed by atoms with Crippen LogP contribution in [0.5, 0.6) is 0 Å². The molecule has 0 aliphatic carbocycles.